The highest BCUT2D eigenvalue weighted by atomic mass is 19.4. The van der Waals surface area contributed by atoms with Gasteiger partial charge in [-0.05, 0) is 46.7 Å². The van der Waals surface area contributed by atoms with Crippen LogP contribution in [-0.4, -0.2) is 58.1 Å². The molecular formula is C29H31F3N4O2. The second-order valence-corrected chi connectivity index (χ2v) is 10.6. The van der Waals surface area contributed by atoms with E-state index in [4.69, 9.17) is 4.74 Å². The zero-order valence-electron chi connectivity index (χ0n) is 21.4. The Bertz CT molecular complexity index is 1400. The van der Waals surface area contributed by atoms with Crippen LogP contribution in [0.4, 0.5) is 19.0 Å². The molecule has 0 amide bonds. The molecule has 3 aromatic heterocycles. The number of hydrogen-bond donors (Lipinski definition) is 2. The predicted octanol–water partition coefficient (Wildman–Crippen LogP) is 5.67. The summed E-state index contributed by atoms with van der Waals surface area (Å²) in [6.07, 6.45) is -0.919. The summed E-state index contributed by atoms with van der Waals surface area (Å²) >= 11 is 0. The highest BCUT2D eigenvalue weighted by Crippen LogP contribution is 2.43. The number of ether oxygens (including phenoxy) is 1. The molecule has 4 heterocycles. The highest BCUT2D eigenvalue weighted by Gasteiger charge is 2.56. The van der Waals surface area contributed by atoms with Gasteiger partial charge in [0.05, 0.1) is 24.9 Å². The molecule has 6 nitrogen and oxygen atoms in total. The molecule has 4 aromatic rings. The third-order valence-corrected chi connectivity index (χ3v) is 7.27. The Kier molecular flexibility index (Phi) is 6.92. The van der Waals surface area contributed by atoms with Crippen LogP contribution in [0, 0.1) is 0 Å². The molecule has 0 radical (unpaired) electrons. The molecular weight excluding hydrogens is 493 g/mol. The average molecular weight is 525 g/mol. The number of morpholine rings is 1. The molecule has 0 aliphatic carbocycles. The monoisotopic (exact) mass is 524 g/mol. The number of anilines is 1. The van der Waals surface area contributed by atoms with E-state index in [1.807, 2.05) is 36.4 Å². The Morgan fingerprint density at radius 2 is 1.76 bits per heavy atom. The molecule has 1 fully saturated rings. The van der Waals surface area contributed by atoms with Crippen molar-refractivity contribution in [3.63, 3.8) is 0 Å². The second-order valence-electron chi connectivity index (χ2n) is 10.6. The summed E-state index contributed by atoms with van der Waals surface area (Å²) in [5.41, 5.74) is -0.539. The molecule has 1 unspecified atom stereocenters. The van der Waals surface area contributed by atoms with E-state index < -0.39 is 30.0 Å². The van der Waals surface area contributed by atoms with Crippen molar-refractivity contribution in [3.8, 4) is 11.1 Å². The lowest BCUT2D eigenvalue weighted by Gasteiger charge is -2.38. The van der Waals surface area contributed by atoms with Crippen LogP contribution in [0.15, 0.2) is 67.1 Å². The summed E-state index contributed by atoms with van der Waals surface area (Å²) in [7, 11) is 0. The van der Waals surface area contributed by atoms with Crippen LogP contribution in [0.5, 0.6) is 0 Å². The van der Waals surface area contributed by atoms with Crippen molar-refractivity contribution >= 4 is 16.7 Å². The summed E-state index contributed by atoms with van der Waals surface area (Å²) in [6, 6.07) is 14.7. The van der Waals surface area contributed by atoms with Gasteiger partial charge in [0.2, 0.25) is 0 Å². The van der Waals surface area contributed by atoms with Crippen molar-refractivity contribution in [1.29, 1.82) is 0 Å². The molecule has 0 spiro atoms. The number of H-pyrrole nitrogens is 1. The fourth-order valence-corrected chi connectivity index (χ4v) is 5.20. The van der Waals surface area contributed by atoms with E-state index in [1.165, 1.54) is 0 Å². The Morgan fingerprint density at radius 3 is 2.47 bits per heavy atom. The zero-order valence-corrected chi connectivity index (χ0v) is 21.4. The molecule has 0 bridgehead atoms. The van der Waals surface area contributed by atoms with Crippen molar-refractivity contribution < 1.29 is 23.0 Å². The standard InChI is InChI=1S/C29H31F3N4O2/c1-27(2,23-7-3-5-20(13-23)21-6-4-8-33-17-21)19-28(37,29(30,31)32)16-24-14-22-15-26(34-18-25(22)35-24)36-9-11-38-12-10-36/h3-8,13-15,17-18,35,37H,9-12,16,19H2,1-2H3. The first kappa shape index (κ1) is 26.2. The molecule has 9 heteroatoms. The first-order valence-corrected chi connectivity index (χ1v) is 12.6. The highest BCUT2D eigenvalue weighted by molar-refractivity contribution is 5.82. The molecule has 1 aromatic carbocycles. The van der Waals surface area contributed by atoms with E-state index in [9.17, 15) is 18.3 Å². The molecule has 1 atom stereocenters. The Morgan fingerprint density at radius 1 is 1.00 bits per heavy atom. The summed E-state index contributed by atoms with van der Waals surface area (Å²) < 4.78 is 48.7. The van der Waals surface area contributed by atoms with Gasteiger partial charge in [0, 0.05) is 43.0 Å². The first-order valence-electron chi connectivity index (χ1n) is 12.6. The minimum Gasteiger partial charge on any atom is -0.380 e. The van der Waals surface area contributed by atoms with Gasteiger partial charge in [0.15, 0.2) is 5.60 Å². The second kappa shape index (κ2) is 10.0. The number of pyridine rings is 2. The van der Waals surface area contributed by atoms with Gasteiger partial charge in [0.25, 0.3) is 0 Å². The SMILES string of the molecule is CC(C)(CC(O)(Cc1cc2cc(N3CCOCC3)ncc2[nH]1)C(F)(F)F)c1cccc(-c2cccnc2)c1. The minimum absolute atomic E-state index is 0.306. The molecule has 1 aliphatic heterocycles. The van der Waals surface area contributed by atoms with Crippen LogP contribution in [-0.2, 0) is 16.6 Å². The van der Waals surface area contributed by atoms with E-state index in [0.717, 1.165) is 22.3 Å². The van der Waals surface area contributed by atoms with Gasteiger partial charge in [-0.1, -0.05) is 44.2 Å². The van der Waals surface area contributed by atoms with Crippen LogP contribution in [0.3, 0.4) is 0 Å². The van der Waals surface area contributed by atoms with Crippen LogP contribution in [0.25, 0.3) is 22.0 Å². The number of rotatable bonds is 7. The maximum atomic E-state index is 14.4. The lowest BCUT2D eigenvalue weighted by molar-refractivity contribution is -0.266. The summed E-state index contributed by atoms with van der Waals surface area (Å²) in [6.45, 7) is 6.10. The van der Waals surface area contributed by atoms with E-state index in [-0.39, 0.29) is 0 Å². The number of nitrogens with zero attached hydrogens (tertiary/aromatic N) is 3. The lowest BCUT2D eigenvalue weighted by atomic mass is 9.73. The topological polar surface area (TPSA) is 74.3 Å². The molecule has 2 N–H and O–H groups in total. The van der Waals surface area contributed by atoms with Crippen LogP contribution in [0.1, 0.15) is 31.5 Å². The maximum Gasteiger partial charge on any atom is 0.417 e. The number of fused-ring (bicyclic) bond motifs is 1. The third kappa shape index (κ3) is 5.39. The van der Waals surface area contributed by atoms with Gasteiger partial charge in [-0.25, -0.2) is 4.98 Å². The largest absolute Gasteiger partial charge is 0.417 e. The van der Waals surface area contributed by atoms with E-state index in [2.05, 4.69) is 19.9 Å². The van der Waals surface area contributed by atoms with Crippen LogP contribution in [0.2, 0.25) is 0 Å². The smallest absolute Gasteiger partial charge is 0.380 e. The van der Waals surface area contributed by atoms with Crippen LogP contribution < -0.4 is 4.90 Å². The predicted molar refractivity (Wildman–Crippen MR) is 141 cm³/mol. The fourth-order valence-electron chi connectivity index (χ4n) is 5.20. The van der Waals surface area contributed by atoms with Gasteiger partial charge in [-0.2, -0.15) is 13.2 Å². The summed E-state index contributed by atoms with van der Waals surface area (Å²) in [4.78, 5) is 13.7. The molecule has 0 saturated carbocycles. The van der Waals surface area contributed by atoms with Gasteiger partial charge in [0.1, 0.15) is 5.82 Å². The van der Waals surface area contributed by atoms with E-state index in [0.29, 0.717) is 43.1 Å². The number of aliphatic hydroxyl groups is 1. The number of halogens is 3. The normalized spacial score (nSPS) is 16.5. The van der Waals surface area contributed by atoms with Crippen molar-refractivity contribution in [2.75, 3.05) is 31.2 Å². The molecule has 38 heavy (non-hydrogen) atoms. The van der Waals surface area contributed by atoms with Crippen molar-refractivity contribution in [1.82, 2.24) is 15.0 Å². The number of aromatic nitrogens is 3. The van der Waals surface area contributed by atoms with Gasteiger partial charge >= 0.3 is 6.18 Å². The molecule has 1 aliphatic rings. The summed E-state index contributed by atoms with van der Waals surface area (Å²) in [5, 5.41) is 11.9. The van der Waals surface area contributed by atoms with Crippen molar-refractivity contribution in [3.05, 3.63) is 78.4 Å². The Hall–Kier alpha value is -3.43. The Balaban J connectivity index is 1.41. The Labute approximate surface area is 219 Å². The third-order valence-electron chi connectivity index (χ3n) is 7.27. The van der Waals surface area contributed by atoms with Crippen molar-refractivity contribution in [2.24, 2.45) is 0 Å². The lowest BCUT2D eigenvalue weighted by Crippen LogP contribution is -2.50. The van der Waals surface area contributed by atoms with Gasteiger partial charge in [-0.3, -0.25) is 4.98 Å². The zero-order chi connectivity index (χ0) is 27.0. The number of nitrogens with one attached hydrogen (secondary N) is 1. The maximum absolute atomic E-state index is 14.4. The molecule has 200 valence electrons. The quantitative estimate of drug-likeness (QED) is 0.326. The van der Waals surface area contributed by atoms with Gasteiger partial charge < -0.3 is 19.7 Å². The molecule has 5 rings (SSSR count). The minimum atomic E-state index is -4.83. The van der Waals surface area contributed by atoms with E-state index in [1.54, 1.807) is 44.6 Å². The van der Waals surface area contributed by atoms with E-state index >= 15 is 0 Å². The van der Waals surface area contributed by atoms with Gasteiger partial charge in [-0.15, -0.1) is 0 Å². The van der Waals surface area contributed by atoms with Crippen LogP contribution >= 0.6 is 0 Å². The number of benzene rings is 1. The number of alkyl halides is 3. The number of aromatic amines is 1. The number of hydrogen-bond acceptors (Lipinski definition) is 5. The fraction of sp³-hybridized carbons (Fsp3) is 0.379. The average Bonchev–Trinajstić information content (AvgIpc) is 3.30. The van der Waals surface area contributed by atoms with Crippen molar-refractivity contribution in [2.45, 2.75) is 43.9 Å². The first-order chi connectivity index (χ1) is 18.0. The summed E-state index contributed by atoms with van der Waals surface area (Å²) in [5.74, 6) is 0.757. The molecule has 1 saturated heterocycles.